The van der Waals surface area contributed by atoms with Crippen LogP contribution in [0.3, 0.4) is 0 Å². The molecule has 29 heavy (non-hydrogen) atoms. The van der Waals surface area contributed by atoms with E-state index in [9.17, 15) is 4.79 Å². The summed E-state index contributed by atoms with van der Waals surface area (Å²) < 4.78 is 11.5. The van der Waals surface area contributed by atoms with Gasteiger partial charge in [0, 0.05) is 28.0 Å². The van der Waals surface area contributed by atoms with E-state index < -0.39 is 0 Å². The van der Waals surface area contributed by atoms with Gasteiger partial charge in [-0.3, -0.25) is 0 Å². The maximum absolute atomic E-state index is 12.1. The average molecular weight is 382 g/mol. The lowest BCUT2D eigenvalue weighted by Gasteiger charge is -2.08. The number of rotatable bonds is 4. The fourth-order valence-corrected chi connectivity index (χ4v) is 4.19. The van der Waals surface area contributed by atoms with Gasteiger partial charge in [-0.1, -0.05) is 49.7 Å². The Morgan fingerprint density at radius 2 is 1.72 bits per heavy atom. The van der Waals surface area contributed by atoms with Crippen LogP contribution in [0.25, 0.3) is 43.8 Å². The largest absolute Gasteiger partial charge is 0.463 e. The molecule has 0 aliphatic heterocycles. The number of unbranched alkanes of at least 4 members (excludes halogenated alkanes) is 1. The molecule has 3 aromatic carbocycles. The lowest BCUT2D eigenvalue weighted by atomic mass is 9.96. The van der Waals surface area contributed by atoms with Crippen LogP contribution in [0, 0.1) is 6.92 Å². The van der Waals surface area contributed by atoms with E-state index in [1.54, 1.807) is 6.07 Å². The van der Waals surface area contributed by atoms with E-state index in [-0.39, 0.29) is 5.63 Å². The molecule has 0 saturated carbocycles. The highest BCUT2D eigenvalue weighted by molar-refractivity contribution is 6.05. The second-order valence-corrected chi connectivity index (χ2v) is 7.66. The second kappa shape index (κ2) is 6.93. The quantitative estimate of drug-likeness (QED) is 0.314. The van der Waals surface area contributed by atoms with Gasteiger partial charge in [-0.25, -0.2) is 4.79 Å². The normalized spacial score (nSPS) is 11.7. The molecule has 2 heterocycles. The third-order valence-corrected chi connectivity index (χ3v) is 5.74. The van der Waals surface area contributed by atoms with E-state index >= 15 is 0 Å². The molecule has 0 aliphatic carbocycles. The fourth-order valence-electron chi connectivity index (χ4n) is 4.19. The van der Waals surface area contributed by atoms with Gasteiger partial charge in [0.1, 0.15) is 11.2 Å². The Morgan fingerprint density at radius 1 is 0.897 bits per heavy atom. The monoisotopic (exact) mass is 382 g/mol. The first-order valence-corrected chi connectivity index (χ1v) is 10.1. The van der Waals surface area contributed by atoms with Crippen LogP contribution in [0.5, 0.6) is 0 Å². The summed E-state index contributed by atoms with van der Waals surface area (Å²) in [6, 6.07) is 18.6. The summed E-state index contributed by atoms with van der Waals surface area (Å²) in [6.07, 6.45) is 4.80. The first-order chi connectivity index (χ1) is 14.2. The van der Waals surface area contributed by atoms with E-state index in [2.05, 4.69) is 55.5 Å². The summed E-state index contributed by atoms with van der Waals surface area (Å²) in [6.45, 7) is 4.12. The summed E-state index contributed by atoms with van der Waals surface area (Å²) in [7, 11) is 0. The third kappa shape index (κ3) is 2.94. The zero-order chi connectivity index (χ0) is 20.0. The molecular weight excluding hydrogens is 360 g/mol. The van der Waals surface area contributed by atoms with Crippen molar-refractivity contribution in [2.75, 3.05) is 0 Å². The molecule has 0 spiro atoms. The maximum Gasteiger partial charge on any atom is 0.336 e. The highest BCUT2D eigenvalue weighted by Gasteiger charge is 2.17. The summed E-state index contributed by atoms with van der Waals surface area (Å²) in [4.78, 5) is 12.1. The molecule has 0 aliphatic rings. The van der Waals surface area contributed by atoms with Gasteiger partial charge in [0.15, 0.2) is 0 Å². The molecule has 3 nitrogen and oxygen atoms in total. The average Bonchev–Trinajstić information content (AvgIpc) is 3.17. The highest BCUT2D eigenvalue weighted by Crippen LogP contribution is 2.37. The molecule has 0 N–H and O–H groups in total. The van der Waals surface area contributed by atoms with Crippen LogP contribution < -0.4 is 5.63 Å². The van der Waals surface area contributed by atoms with Crippen molar-refractivity contribution >= 4 is 32.7 Å². The fraction of sp³-hybridized carbons (Fsp3) is 0.192. The van der Waals surface area contributed by atoms with E-state index in [4.69, 9.17) is 8.83 Å². The van der Waals surface area contributed by atoms with Crippen molar-refractivity contribution in [1.29, 1.82) is 0 Å². The minimum atomic E-state index is -0.299. The van der Waals surface area contributed by atoms with Gasteiger partial charge >= 0.3 is 5.63 Å². The molecule has 0 bridgehead atoms. The predicted molar refractivity (Wildman–Crippen MR) is 119 cm³/mol. The zero-order valence-electron chi connectivity index (χ0n) is 16.6. The van der Waals surface area contributed by atoms with Crippen LogP contribution in [0.15, 0.2) is 74.5 Å². The molecular formula is C26H22O3. The minimum Gasteiger partial charge on any atom is -0.463 e. The zero-order valence-corrected chi connectivity index (χ0v) is 16.6. The van der Waals surface area contributed by atoms with Gasteiger partial charge in [0.2, 0.25) is 0 Å². The van der Waals surface area contributed by atoms with Gasteiger partial charge < -0.3 is 8.83 Å². The predicted octanol–water partition coefficient (Wildman–Crippen LogP) is 7.01. The SMILES string of the molecule is CCCCc1cc(=O)oc2c(C)c3occ(-c4ccc5ccccc5c4)c3cc12. The van der Waals surface area contributed by atoms with E-state index in [1.165, 1.54) is 10.8 Å². The molecule has 0 atom stereocenters. The summed E-state index contributed by atoms with van der Waals surface area (Å²) in [5.74, 6) is 0. The Bertz CT molecular complexity index is 1420. The Hall–Kier alpha value is -3.33. The number of benzene rings is 3. The first-order valence-electron chi connectivity index (χ1n) is 10.1. The Morgan fingerprint density at radius 3 is 2.55 bits per heavy atom. The Kier molecular flexibility index (Phi) is 4.24. The van der Waals surface area contributed by atoms with Crippen LogP contribution >= 0.6 is 0 Å². The number of hydrogen-bond acceptors (Lipinski definition) is 3. The van der Waals surface area contributed by atoms with Crippen molar-refractivity contribution in [3.63, 3.8) is 0 Å². The van der Waals surface area contributed by atoms with Gasteiger partial charge in [-0.15, -0.1) is 0 Å². The molecule has 5 aromatic rings. The molecule has 0 amide bonds. The molecule has 2 aromatic heterocycles. The van der Waals surface area contributed by atoms with Gasteiger partial charge in [0.05, 0.1) is 6.26 Å². The number of aryl methyl sites for hydroxylation is 2. The van der Waals surface area contributed by atoms with Crippen molar-refractivity contribution in [3.8, 4) is 11.1 Å². The van der Waals surface area contributed by atoms with E-state index in [0.29, 0.717) is 5.58 Å². The lowest BCUT2D eigenvalue weighted by molar-refractivity contribution is 0.553. The summed E-state index contributed by atoms with van der Waals surface area (Å²) >= 11 is 0. The molecule has 144 valence electrons. The minimum absolute atomic E-state index is 0.299. The highest BCUT2D eigenvalue weighted by atomic mass is 16.4. The van der Waals surface area contributed by atoms with Crippen molar-refractivity contribution in [2.24, 2.45) is 0 Å². The summed E-state index contributed by atoms with van der Waals surface area (Å²) in [5.41, 5.74) is 5.21. The summed E-state index contributed by atoms with van der Waals surface area (Å²) in [5, 5.41) is 4.48. The van der Waals surface area contributed by atoms with Crippen LogP contribution in [0.4, 0.5) is 0 Å². The van der Waals surface area contributed by atoms with Crippen LogP contribution in [0.1, 0.15) is 30.9 Å². The third-order valence-electron chi connectivity index (χ3n) is 5.74. The molecule has 0 unspecified atom stereocenters. The molecule has 5 rings (SSSR count). The molecule has 0 radical (unpaired) electrons. The van der Waals surface area contributed by atoms with Gasteiger partial charge in [0.25, 0.3) is 0 Å². The smallest absolute Gasteiger partial charge is 0.336 e. The van der Waals surface area contributed by atoms with Crippen LogP contribution in [-0.4, -0.2) is 0 Å². The molecule has 0 saturated heterocycles. The maximum atomic E-state index is 12.1. The van der Waals surface area contributed by atoms with Crippen molar-refractivity contribution < 1.29 is 8.83 Å². The first kappa shape index (κ1) is 17.7. The number of furan rings is 1. The van der Waals surface area contributed by atoms with Gasteiger partial charge in [-0.2, -0.15) is 0 Å². The number of fused-ring (bicyclic) bond motifs is 3. The van der Waals surface area contributed by atoms with Crippen molar-refractivity contribution in [2.45, 2.75) is 33.1 Å². The lowest BCUT2D eigenvalue weighted by Crippen LogP contribution is -2.02. The Labute approximate surface area is 168 Å². The molecule has 0 fully saturated rings. The Balaban J connectivity index is 1.78. The van der Waals surface area contributed by atoms with Crippen LogP contribution in [-0.2, 0) is 6.42 Å². The number of hydrogen-bond donors (Lipinski definition) is 0. The van der Waals surface area contributed by atoms with E-state index in [1.807, 2.05) is 13.2 Å². The molecule has 3 heteroatoms. The standard InChI is InChI=1S/C26H22O3/c1-3-4-7-19-13-24(27)29-26-16(2)25-22(14-21(19)26)23(15-28-25)20-11-10-17-8-5-6-9-18(17)12-20/h5-6,8-15H,3-4,7H2,1-2H3. The van der Waals surface area contributed by atoms with Crippen LogP contribution in [0.2, 0.25) is 0 Å². The van der Waals surface area contributed by atoms with Crippen molar-refractivity contribution in [1.82, 2.24) is 0 Å². The second-order valence-electron chi connectivity index (χ2n) is 7.66. The van der Waals surface area contributed by atoms with Gasteiger partial charge in [-0.05, 0) is 53.8 Å². The topological polar surface area (TPSA) is 43.4 Å². The van der Waals surface area contributed by atoms with E-state index in [0.717, 1.165) is 57.9 Å². The van der Waals surface area contributed by atoms with Crippen molar-refractivity contribution in [3.05, 3.63) is 82.4 Å².